The molecule has 0 aliphatic rings. The number of nitrogens with zero attached hydrogens (tertiary/aromatic N) is 2. The molecule has 0 unspecified atom stereocenters. The summed E-state index contributed by atoms with van der Waals surface area (Å²) in [5.41, 5.74) is 0.638. The van der Waals surface area contributed by atoms with E-state index in [0.29, 0.717) is 11.5 Å². The molecule has 0 fully saturated rings. The summed E-state index contributed by atoms with van der Waals surface area (Å²) in [7, 11) is 1.56. The van der Waals surface area contributed by atoms with Crippen LogP contribution in [0, 0.1) is 16.2 Å². The molecule has 6 nitrogen and oxygen atoms in total. The third kappa shape index (κ3) is 3.33. The lowest BCUT2D eigenvalue weighted by molar-refractivity contribution is -0.385. The molecule has 6 heteroatoms. The molecule has 0 saturated carbocycles. The Kier molecular flexibility index (Phi) is 4.30. The number of ether oxygens (including phenoxy) is 2. The number of hydrogen-bond acceptors (Lipinski definition) is 5. The minimum absolute atomic E-state index is 0.0870. The van der Waals surface area contributed by atoms with Crippen molar-refractivity contribution in [3.05, 3.63) is 52.2 Å². The van der Waals surface area contributed by atoms with Gasteiger partial charge in [-0.25, -0.2) is 4.98 Å². The van der Waals surface area contributed by atoms with Crippen LogP contribution in [-0.2, 0) is 5.41 Å². The van der Waals surface area contributed by atoms with Crippen LogP contribution in [0.4, 0.5) is 5.69 Å². The molecule has 1 aromatic carbocycles. The Hall–Kier alpha value is -2.63. The molecule has 0 atom stereocenters. The maximum Gasteiger partial charge on any atom is 0.287 e. The van der Waals surface area contributed by atoms with E-state index in [1.165, 1.54) is 12.1 Å². The molecule has 22 heavy (non-hydrogen) atoms. The van der Waals surface area contributed by atoms with E-state index in [-0.39, 0.29) is 17.0 Å². The van der Waals surface area contributed by atoms with Crippen molar-refractivity contribution < 1.29 is 14.4 Å². The first-order chi connectivity index (χ1) is 10.3. The second-order valence-electron chi connectivity index (χ2n) is 5.71. The highest BCUT2D eigenvalue weighted by molar-refractivity contribution is 5.50. The van der Waals surface area contributed by atoms with Crippen LogP contribution < -0.4 is 9.47 Å². The van der Waals surface area contributed by atoms with Crippen molar-refractivity contribution in [1.82, 2.24) is 4.98 Å². The van der Waals surface area contributed by atoms with Crippen LogP contribution in [0.15, 0.2) is 30.5 Å². The van der Waals surface area contributed by atoms with E-state index in [4.69, 9.17) is 9.47 Å². The van der Waals surface area contributed by atoms with Gasteiger partial charge < -0.3 is 9.47 Å². The maximum atomic E-state index is 10.6. The molecule has 0 aliphatic heterocycles. The van der Waals surface area contributed by atoms with Gasteiger partial charge in [-0.3, -0.25) is 10.1 Å². The van der Waals surface area contributed by atoms with Crippen LogP contribution in [-0.4, -0.2) is 17.0 Å². The van der Waals surface area contributed by atoms with E-state index in [9.17, 15) is 10.1 Å². The van der Waals surface area contributed by atoms with E-state index >= 15 is 0 Å². The lowest BCUT2D eigenvalue weighted by Gasteiger charge is -2.23. The third-order valence-corrected chi connectivity index (χ3v) is 3.01. The fourth-order valence-corrected chi connectivity index (χ4v) is 1.96. The van der Waals surface area contributed by atoms with Gasteiger partial charge in [-0.05, 0) is 17.5 Å². The highest BCUT2D eigenvalue weighted by atomic mass is 16.6. The van der Waals surface area contributed by atoms with Gasteiger partial charge in [-0.15, -0.1) is 0 Å². The fraction of sp³-hybridized carbons (Fsp3) is 0.312. The van der Waals surface area contributed by atoms with Gasteiger partial charge >= 0.3 is 0 Å². The van der Waals surface area contributed by atoms with Crippen molar-refractivity contribution in [1.29, 1.82) is 0 Å². The van der Waals surface area contributed by atoms with Crippen molar-refractivity contribution >= 4 is 5.69 Å². The summed E-state index contributed by atoms with van der Waals surface area (Å²) < 4.78 is 11.1. The number of nitro groups is 1. The van der Waals surface area contributed by atoms with Crippen LogP contribution in [0.2, 0.25) is 0 Å². The van der Waals surface area contributed by atoms with Gasteiger partial charge in [0.1, 0.15) is 6.20 Å². The molecule has 0 aliphatic carbocycles. The summed E-state index contributed by atoms with van der Waals surface area (Å²) in [5, 5.41) is 10.6. The van der Waals surface area contributed by atoms with Crippen LogP contribution in [0.3, 0.4) is 0 Å². The van der Waals surface area contributed by atoms with Gasteiger partial charge in [0, 0.05) is 17.7 Å². The van der Waals surface area contributed by atoms with Gasteiger partial charge in [0.05, 0.1) is 12.0 Å². The van der Waals surface area contributed by atoms with Crippen LogP contribution >= 0.6 is 0 Å². The van der Waals surface area contributed by atoms with Crippen LogP contribution in [0.1, 0.15) is 26.3 Å². The highest BCUT2D eigenvalue weighted by Crippen LogP contribution is 2.39. The summed E-state index contributed by atoms with van der Waals surface area (Å²) in [4.78, 5) is 14.1. The van der Waals surface area contributed by atoms with Crippen LogP contribution in [0.25, 0.3) is 0 Å². The van der Waals surface area contributed by atoms with Crippen molar-refractivity contribution in [3.8, 4) is 17.4 Å². The standard InChI is InChI=1S/C16H17N2O4/c1-16(2,3)12-6-5-7-13(15(12)21-4)22-14-9-8-11(10-17-14)18(19)20/h5,7-10H,1-4H3. The first-order valence-electron chi connectivity index (χ1n) is 6.70. The Morgan fingerprint density at radius 3 is 2.50 bits per heavy atom. The van der Waals surface area contributed by atoms with E-state index in [1.54, 1.807) is 19.2 Å². The molecular formula is C16H17N2O4. The van der Waals surface area contributed by atoms with Crippen molar-refractivity contribution in [3.63, 3.8) is 0 Å². The highest BCUT2D eigenvalue weighted by Gasteiger charge is 2.22. The normalized spacial score (nSPS) is 11.1. The predicted octanol–water partition coefficient (Wildman–Crippen LogP) is 3.89. The molecule has 0 saturated heterocycles. The summed E-state index contributed by atoms with van der Waals surface area (Å²) >= 11 is 0. The first kappa shape index (κ1) is 15.8. The summed E-state index contributed by atoms with van der Waals surface area (Å²) in [6.07, 6.45) is 1.15. The number of aromatic nitrogens is 1. The molecule has 1 aromatic heterocycles. The topological polar surface area (TPSA) is 74.5 Å². The van der Waals surface area contributed by atoms with Gasteiger partial charge in [-0.1, -0.05) is 26.8 Å². The predicted molar refractivity (Wildman–Crippen MR) is 81.5 cm³/mol. The van der Waals surface area contributed by atoms with Crippen LogP contribution in [0.5, 0.6) is 17.4 Å². The second-order valence-corrected chi connectivity index (χ2v) is 5.71. The third-order valence-electron chi connectivity index (χ3n) is 3.01. The zero-order valence-corrected chi connectivity index (χ0v) is 12.9. The molecule has 115 valence electrons. The Bertz CT molecular complexity index is 676. The van der Waals surface area contributed by atoms with Gasteiger partial charge in [0.2, 0.25) is 5.88 Å². The molecular weight excluding hydrogens is 284 g/mol. The zero-order valence-electron chi connectivity index (χ0n) is 12.9. The van der Waals surface area contributed by atoms with Crippen molar-refractivity contribution in [2.45, 2.75) is 26.2 Å². The Morgan fingerprint density at radius 2 is 2.00 bits per heavy atom. The van der Waals surface area contributed by atoms with Gasteiger partial charge in [0.15, 0.2) is 11.5 Å². The number of benzene rings is 1. The summed E-state index contributed by atoms with van der Waals surface area (Å²) in [6, 6.07) is 9.43. The lowest BCUT2D eigenvalue weighted by Crippen LogP contribution is -2.13. The Morgan fingerprint density at radius 1 is 1.27 bits per heavy atom. The van der Waals surface area contributed by atoms with Crippen molar-refractivity contribution in [2.24, 2.45) is 0 Å². The number of methoxy groups -OCH3 is 1. The average Bonchev–Trinajstić information content (AvgIpc) is 2.46. The van der Waals surface area contributed by atoms with E-state index in [1.807, 2.05) is 0 Å². The molecule has 1 radical (unpaired) electrons. The van der Waals surface area contributed by atoms with E-state index in [0.717, 1.165) is 11.8 Å². The van der Waals surface area contributed by atoms with Gasteiger partial charge in [-0.2, -0.15) is 0 Å². The van der Waals surface area contributed by atoms with Crippen molar-refractivity contribution in [2.75, 3.05) is 7.11 Å². The summed E-state index contributed by atoms with van der Waals surface area (Å²) in [5.74, 6) is 1.33. The molecule has 2 rings (SSSR count). The van der Waals surface area contributed by atoms with Gasteiger partial charge in [0.25, 0.3) is 5.69 Å². The Labute approximate surface area is 128 Å². The zero-order chi connectivity index (χ0) is 16.3. The maximum absolute atomic E-state index is 10.6. The largest absolute Gasteiger partial charge is 0.493 e. The second kappa shape index (κ2) is 6.01. The number of pyridine rings is 1. The fourth-order valence-electron chi connectivity index (χ4n) is 1.96. The molecule has 1 heterocycles. The number of rotatable bonds is 4. The minimum Gasteiger partial charge on any atom is -0.493 e. The molecule has 2 aromatic rings. The molecule has 0 N–H and O–H groups in total. The summed E-state index contributed by atoms with van der Waals surface area (Å²) in [6.45, 7) is 6.15. The monoisotopic (exact) mass is 301 g/mol. The first-order valence-corrected chi connectivity index (χ1v) is 6.70. The molecule has 0 bridgehead atoms. The van der Waals surface area contributed by atoms with E-state index in [2.05, 4.69) is 31.8 Å². The minimum atomic E-state index is -0.507. The SMILES string of the molecule is COc1c(C(C)(C)C)[c]ccc1Oc1ccc([N+](=O)[O-])cn1. The quantitative estimate of drug-likeness (QED) is 0.632. The van der Waals surface area contributed by atoms with E-state index < -0.39 is 4.92 Å². The lowest BCUT2D eigenvalue weighted by atomic mass is 9.86. The molecule has 0 amide bonds. The molecule has 0 spiro atoms. The number of hydrogen-bond donors (Lipinski definition) is 0. The Balaban J connectivity index is 2.35. The average molecular weight is 301 g/mol. The smallest absolute Gasteiger partial charge is 0.287 e.